The summed E-state index contributed by atoms with van der Waals surface area (Å²) in [6.45, 7) is 3.29. The van der Waals surface area contributed by atoms with Gasteiger partial charge in [0.1, 0.15) is 0 Å². The predicted octanol–water partition coefficient (Wildman–Crippen LogP) is -0.112. The van der Waals surface area contributed by atoms with Gasteiger partial charge in [0.05, 0.1) is 32.6 Å². The van der Waals surface area contributed by atoms with Gasteiger partial charge in [-0.3, -0.25) is 15.6 Å². The van der Waals surface area contributed by atoms with Crippen molar-refractivity contribution in [3.8, 4) is 0 Å². The van der Waals surface area contributed by atoms with Gasteiger partial charge in [0.25, 0.3) is 5.17 Å². The molecule has 0 saturated heterocycles. The molecular weight excluding hydrogens is 232 g/mol. The first-order valence-corrected chi connectivity index (χ1v) is 5.24. The van der Waals surface area contributed by atoms with Crippen molar-refractivity contribution in [2.75, 3.05) is 33.5 Å². The number of hydrogen-bond donors (Lipinski definition) is 1. The Hall–Kier alpha value is -0.800. The third-order valence-electron chi connectivity index (χ3n) is 1.90. The summed E-state index contributed by atoms with van der Waals surface area (Å²) in [6.07, 6.45) is 0. The van der Waals surface area contributed by atoms with Crippen LogP contribution in [-0.4, -0.2) is 54.7 Å². The van der Waals surface area contributed by atoms with Crippen LogP contribution in [0.1, 0.15) is 6.92 Å². The molecule has 0 amide bonds. The zero-order valence-corrected chi connectivity index (χ0v) is 10.1. The van der Waals surface area contributed by atoms with Crippen LogP contribution < -0.4 is 5.43 Å². The summed E-state index contributed by atoms with van der Waals surface area (Å²) < 4.78 is 9.98. The number of nitrogens with zero attached hydrogens (tertiary/aromatic N) is 3. The van der Waals surface area contributed by atoms with Gasteiger partial charge < -0.3 is 14.7 Å². The second-order valence-corrected chi connectivity index (χ2v) is 3.39. The van der Waals surface area contributed by atoms with E-state index in [1.165, 1.54) is 12.2 Å². The molecule has 1 heterocycles. The summed E-state index contributed by atoms with van der Waals surface area (Å²) in [5, 5.41) is 13.5. The van der Waals surface area contributed by atoms with Crippen molar-refractivity contribution in [3.05, 3.63) is 5.21 Å². The van der Waals surface area contributed by atoms with Gasteiger partial charge >= 0.3 is 0 Å². The van der Waals surface area contributed by atoms with Crippen LogP contribution in [0.15, 0.2) is 4.99 Å². The predicted molar refractivity (Wildman–Crippen MR) is 63.4 cm³/mol. The summed E-state index contributed by atoms with van der Waals surface area (Å²) in [5.41, 5.74) is 3.44. The Morgan fingerprint density at radius 3 is 3.06 bits per heavy atom. The van der Waals surface area contributed by atoms with E-state index < -0.39 is 0 Å². The van der Waals surface area contributed by atoms with Crippen molar-refractivity contribution in [2.45, 2.75) is 6.92 Å². The van der Waals surface area contributed by atoms with Gasteiger partial charge in [-0.25, -0.2) is 0 Å². The summed E-state index contributed by atoms with van der Waals surface area (Å²) in [7, 11) is 1.43. The lowest BCUT2D eigenvalue weighted by Crippen LogP contribution is -2.55. The Bertz CT molecular complexity index is 274. The molecule has 7 nitrogen and oxygen atoms in total. The number of ether oxygens (including phenoxy) is 2. The smallest absolute Gasteiger partial charge is 0.272 e. The van der Waals surface area contributed by atoms with Crippen LogP contribution in [-0.2, 0) is 9.47 Å². The molecule has 0 unspecified atom stereocenters. The first-order chi connectivity index (χ1) is 7.67. The van der Waals surface area contributed by atoms with Crippen molar-refractivity contribution < 1.29 is 9.47 Å². The van der Waals surface area contributed by atoms with Crippen molar-refractivity contribution in [3.63, 3.8) is 0 Å². The van der Waals surface area contributed by atoms with E-state index in [0.29, 0.717) is 24.9 Å². The highest BCUT2D eigenvalue weighted by Gasteiger charge is 2.16. The Labute approximate surface area is 99.5 Å². The van der Waals surface area contributed by atoms with E-state index in [9.17, 15) is 5.21 Å². The zero-order valence-electron chi connectivity index (χ0n) is 9.30. The molecule has 0 radical (unpaired) electrons. The molecule has 1 aliphatic rings. The Morgan fingerprint density at radius 1 is 1.69 bits per heavy atom. The van der Waals surface area contributed by atoms with E-state index in [0.717, 1.165) is 5.71 Å². The van der Waals surface area contributed by atoms with Crippen LogP contribution in [0.25, 0.3) is 0 Å². The minimum absolute atomic E-state index is 0.0295. The van der Waals surface area contributed by atoms with Crippen LogP contribution in [0, 0.1) is 5.21 Å². The van der Waals surface area contributed by atoms with E-state index in [1.54, 1.807) is 0 Å². The molecular formula is C8H15N4O3S-. The van der Waals surface area contributed by atoms with E-state index in [-0.39, 0.29) is 11.8 Å². The second-order valence-electron chi connectivity index (χ2n) is 3.02. The maximum Gasteiger partial charge on any atom is 0.272 e. The molecule has 0 spiro atoms. The largest absolute Gasteiger partial charge is 0.769 e. The van der Waals surface area contributed by atoms with Gasteiger partial charge in [-0.2, -0.15) is 5.12 Å². The van der Waals surface area contributed by atoms with Gasteiger partial charge in [-0.1, -0.05) is 0 Å². The van der Waals surface area contributed by atoms with Gasteiger partial charge in [-0.15, -0.1) is 0 Å². The highest BCUT2D eigenvalue weighted by Crippen LogP contribution is 2.02. The lowest BCUT2D eigenvalue weighted by atomic mass is 10.4. The number of aliphatic imine (C=N–C) groups is 1. The number of hydrogen-bond acceptors (Lipinski definition) is 7. The van der Waals surface area contributed by atoms with Crippen molar-refractivity contribution in [1.29, 1.82) is 0 Å². The molecule has 0 aliphatic carbocycles. The lowest BCUT2D eigenvalue weighted by molar-refractivity contribution is -0.00367. The molecule has 0 atom stereocenters. The SMILES string of the molecule is CCOCC1=NCN([O-])N(NC(=S)OC)C1. The Balaban J connectivity index is 2.47. The summed E-state index contributed by atoms with van der Waals surface area (Å²) in [6, 6.07) is 0. The molecule has 0 bridgehead atoms. The molecule has 16 heavy (non-hydrogen) atoms. The first-order valence-electron chi connectivity index (χ1n) is 4.84. The van der Waals surface area contributed by atoms with E-state index >= 15 is 0 Å². The molecule has 1 rings (SSSR count). The molecule has 8 heteroatoms. The van der Waals surface area contributed by atoms with Crippen molar-refractivity contribution in [1.82, 2.24) is 15.7 Å². The number of hydrazine groups is 2. The molecule has 0 saturated carbocycles. The maximum absolute atomic E-state index is 11.4. The molecule has 0 aromatic carbocycles. The van der Waals surface area contributed by atoms with Gasteiger partial charge in [0, 0.05) is 6.61 Å². The third kappa shape index (κ3) is 3.99. The monoisotopic (exact) mass is 247 g/mol. The minimum Gasteiger partial charge on any atom is -0.769 e. The molecule has 1 aliphatic heterocycles. The molecule has 0 aromatic rings. The maximum atomic E-state index is 11.4. The quantitative estimate of drug-likeness (QED) is 0.695. The fraction of sp³-hybridized carbons (Fsp3) is 0.750. The standard InChI is InChI=1S/C8H15N4O3S/c1-3-15-5-7-4-11(10-8(16)14-2)12(13)6-9-7/h3-6H2,1-2H3,(H,10,16)/q-1. The van der Waals surface area contributed by atoms with Gasteiger partial charge in [0.2, 0.25) is 0 Å². The second kappa shape index (κ2) is 6.71. The zero-order chi connectivity index (χ0) is 12.0. The topological polar surface area (TPSA) is 72.4 Å². The summed E-state index contributed by atoms with van der Waals surface area (Å²) >= 11 is 4.80. The van der Waals surface area contributed by atoms with Crippen molar-refractivity contribution >= 4 is 23.1 Å². The number of methoxy groups -OCH3 is 1. The number of hydroxylamine groups is 1. The van der Waals surface area contributed by atoms with E-state index in [2.05, 4.69) is 10.4 Å². The van der Waals surface area contributed by atoms with Crippen LogP contribution in [0.4, 0.5) is 0 Å². The van der Waals surface area contributed by atoms with E-state index in [4.69, 9.17) is 21.7 Å². The van der Waals surface area contributed by atoms with Gasteiger partial charge in [0.15, 0.2) is 0 Å². The average molecular weight is 247 g/mol. The number of nitrogens with one attached hydrogen (secondary N) is 1. The lowest BCUT2D eigenvalue weighted by Gasteiger charge is -2.41. The normalized spacial score (nSPS) is 18.1. The average Bonchev–Trinajstić information content (AvgIpc) is 2.30. The Morgan fingerprint density at radius 2 is 2.44 bits per heavy atom. The number of rotatable bonds is 4. The van der Waals surface area contributed by atoms with Crippen LogP contribution in [0.3, 0.4) is 0 Å². The fourth-order valence-electron chi connectivity index (χ4n) is 1.10. The number of thiocarbonyl (C=S) groups is 1. The molecule has 0 fully saturated rings. The molecule has 1 N–H and O–H groups in total. The summed E-state index contributed by atoms with van der Waals surface area (Å²) in [4.78, 5) is 4.07. The molecule has 92 valence electrons. The first kappa shape index (κ1) is 13.3. The van der Waals surface area contributed by atoms with Crippen molar-refractivity contribution in [2.24, 2.45) is 4.99 Å². The van der Waals surface area contributed by atoms with Crippen LogP contribution >= 0.6 is 12.2 Å². The Kier molecular flexibility index (Phi) is 5.56. The molecule has 0 aromatic heterocycles. The highest BCUT2D eigenvalue weighted by atomic mass is 32.1. The third-order valence-corrected chi connectivity index (χ3v) is 2.15. The van der Waals surface area contributed by atoms with E-state index in [1.807, 2.05) is 6.92 Å². The van der Waals surface area contributed by atoms with Crippen LogP contribution in [0.5, 0.6) is 0 Å². The minimum atomic E-state index is 0.0295. The summed E-state index contributed by atoms with van der Waals surface area (Å²) in [5.74, 6) is 0. The van der Waals surface area contributed by atoms with Crippen LogP contribution in [0.2, 0.25) is 0 Å². The highest BCUT2D eigenvalue weighted by molar-refractivity contribution is 7.80. The van der Waals surface area contributed by atoms with Gasteiger partial charge in [-0.05, 0) is 19.1 Å². The fourth-order valence-corrected chi connectivity index (χ4v) is 1.20.